The van der Waals surface area contributed by atoms with Crippen LogP contribution in [0.2, 0.25) is 0 Å². The average molecular weight is 191 g/mol. The summed E-state index contributed by atoms with van der Waals surface area (Å²) in [5.74, 6) is -0.117. The van der Waals surface area contributed by atoms with Crippen molar-refractivity contribution < 1.29 is 4.39 Å². The molecule has 2 aromatic rings. The molecule has 0 aliphatic rings. The Bertz CT molecular complexity index is 457. The van der Waals surface area contributed by atoms with Crippen LogP contribution in [-0.2, 0) is 6.54 Å². The van der Waals surface area contributed by atoms with Crippen molar-refractivity contribution in [3.05, 3.63) is 35.8 Å². The van der Waals surface area contributed by atoms with Gasteiger partial charge in [0.05, 0.1) is 5.52 Å². The summed E-state index contributed by atoms with van der Waals surface area (Å²) in [7, 11) is 0. The minimum atomic E-state index is -0.117. The zero-order valence-electron chi connectivity index (χ0n) is 8.55. The van der Waals surface area contributed by atoms with Gasteiger partial charge in [0.25, 0.3) is 0 Å². The normalized spacial score (nSPS) is 11.1. The lowest BCUT2D eigenvalue weighted by Gasteiger charge is -2.03. The fourth-order valence-corrected chi connectivity index (χ4v) is 1.76. The standard InChI is InChI=1S/C12H14FN/c1-3-5-14-6-4-10-7-9(2)11(13)8-12(10)14/h4,6-8H,3,5H2,1-2H3. The summed E-state index contributed by atoms with van der Waals surface area (Å²) < 4.78 is 15.4. The summed E-state index contributed by atoms with van der Waals surface area (Å²) in [6.45, 7) is 4.87. The molecule has 74 valence electrons. The Morgan fingerprint density at radius 1 is 1.36 bits per heavy atom. The second-order valence-electron chi connectivity index (χ2n) is 3.67. The molecule has 1 nitrogen and oxygen atoms in total. The molecule has 0 aliphatic carbocycles. The number of aryl methyl sites for hydroxylation is 2. The van der Waals surface area contributed by atoms with E-state index in [0.29, 0.717) is 5.56 Å². The van der Waals surface area contributed by atoms with Crippen LogP contribution in [0.15, 0.2) is 24.4 Å². The minimum absolute atomic E-state index is 0.117. The van der Waals surface area contributed by atoms with Crippen molar-refractivity contribution in [1.82, 2.24) is 4.57 Å². The molecule has 0 aliphatic heterocycles. The Kier molecular flexibility index (Phi) is 2.28. The van der Waals surface area contributed by atoms with Gasteiger partial charge in [-0.25, -0.2) is 4.39 Å². The van der Waals surface area contributed by atoms with Gasteiger partial charge in [0.2, 0.25) is 0 Å². The van der Waals surface area contributed by atoms with Gasteiger partial charge in [-0.1, -0.05) is 6.92 Å². The van der Waals surface area contributed by atoms with E-state index in [-0.39, 0.29) is 5.82 Å². The molecule has 0 atom stereocenters. The topological polar surface area (TPSA) is 4.93 Å². The fourth-order valence-electron chi connectivity index (χ4n) is 1.76. The number of nitrogens with zero attached hydrogens (tertiary/aromatic N) is 1. The highest BCUT2D eigenvalue weighted by molar-refractivity contribution is 5.81. The summed E-state index contributed by atoms with van der Waals surface area (Å²) in [6.07, 6.45) is 3.09. The smallest absolute Gasteiger partial charge is 0.128 e. The average Bonchev–Trinajstić information content (AvgIpc) is 2.51. The van der Waals surface area contributed by atoms with Crippen molar-refractivity contribution in [2.24, 2.45) is 0 Å². The lowest BCUT2D eigenvalue weighted by Crippen LogP contribution is -1.94. The maximum Gasteiger partial charge on any atom is 0.128 e. The number of halogens is 1. The Labute approximate surface area is 83.2 Å². The van der Waals surface area contributed by atoms with Crippen molar-refractivity contribution in [3.8, 4) is 0 Å². The lowest BCUT2D eigenvalue weighted by atomic mass is 10.2. The van der Waals surface area contributed by atoms with E-state index in [1.54, 1.807) is 13.0 Å². The van der Waals surface area contributed by atoms with Gasteiger partial charge in [-0.15, -0.1) is 0 Å². The van der Waals surface area contributed by atoms with Crippen LogP contribution in [0.5, 0.6) is 0 Å². The number of fused-ring (bicyclic) bond motifs is 1. The third kappa shape index (κ3) is 1.41. The van der Waals surface area contributed by atoms with E-state index in [4.69, 9.17) is 0 Å². The lowest BCUT2D eigenvalue weighted by molar-refractivity contribution is 0.618. The Balaban J connectivity index is 2.61. The molecule has 0 fully saturated rings. The van der Waals surface area contributed by atoms with Crippen molar-refractivity contribution in [1.29, 1.82) is 0 Å². The summed E-state index contributed by atoms with van der Waals surface area (Å²) in [5, 5.41) is 1.12. The Morgan fingerprint density at radius 3 is 2.86 bits per heavy atom. The number of rotatable bonds is 2. The first-order valence-corrected chi connectivity index (χ1v) is 4.97. The maximum atomic E-state index is 13.3. The minimum Gasteiger partial charge on any atom is -0.347 e. The summed E-state index contributed by atoms with van der Waals surface area (Å²) in [6, 6.07) is 5.56. The molecule has 2 heteroatoms. The van der Waals surface area contributed by atoms with E-state index in [0.717, 1.165) is 23.9 Å². The molecule has 1 aromatic heterocycles. The van der Waals surface area contributed by atoms with Gasteiger partial charge in [-0.05, 0) is 37.1 Å². The second-order valence-corrected chi connectivity index (χ2v) is 3.67. The second kappa shape index (κ2) is 3.45. The van der Waals surface area contributed by atoms with Gasteiger partial charge in [0.1, 0.15) is 5.82 Å². The van der Waals surface area contributed by atoms with Crippen LogP contribution in [0.3, 0.4) is 0 Å². The first-order chi connectivity index (χ1) is 6.72. The summed E-state index contributed by atoms with van der Waals surface area (Å²) >= 11 is 0. The molecule has 0 amide bonds. The molecular formula is C12H14FN. The van der Waals surface area contributed by atoms with Crippen LogP contribution in [-0.4, -0.2) is 4.57 Å². The van der Waals surface area contributed by atoms with E-state index in [9.17, 15) is 4.39 Å². The molecule has 0 spiro atoms. The molecule has 14 heavy (non-hydrogen) atoms. The SMILES string of the molecule is CCCn1ccc2cc(C)c(F)cc21. The fraction of sp³-hybridized carbons (Fsp3) is 0.333. The van der Waals surface area contributed by atoms with Crippen LogP contribution in [0.25, 0.3) is 10.9 Å². The van der Waals surface area contributed by atoms with Crippen molar-refractivity contribution in [2.45, 2.75) is 26.8 Å². The highest BCUT2D eigenvalue weighted by Gasteiger charge is 2.04. The van der Waals surface area contributed by atoms with Gasteiger partial charge in [0.15, 0.2) is 0 Å². The molecule has 0 unspecified atom stereocenters. The molecule has 0 bridgehead atoms. The van der Waals surface area contributed by atoms with E-state index in [1.807, 2.05) is 18.3 Å². The monoisotopic (exact) mass is 191 g/mol. The van der Waals surface area contributed by atoms with Gasteiger partial charge in [-0.2, -0.15) is 0 Å². The molecular weight excluding hydrogens is 177 g/mol. The summed E-state index contributed by atoms with van der Waals surface area (Å²) in [4.78, 5) is 0. The molecule has 0 saturated carbocycles. The molecule has 2 rings (SSSR count). The van der Waals surface area contributed by atoms with E-state index in [1.165, 1.54) is 0 Å². The van der Waals surface area contributed by atoms with Gasteiger partial charge < -0.3 is 4.57 Å². The third-order valence-corrected chi connectivity index (χ3v) is 2.52. The molecule has 0 radical (unpaired) electrons. The van der Waals surface area contributed by atoms with Gasteiger partial charge in [-0.3, -0.25) is 0 Å². The van der Waals surface area contributed by atoms with Gasteiger partial charge in [0, 0.05) is 18.1 Å². The van der Waals surface area contributed by atoms with Crippen LogP contribution in [0.1, 0.15) is 18.9 Å². The Hall–Kier alpha value is -1.31. The number of hydrogen-bond donors (Lipinski definition) is 0. The molecule has 0 N–H and O–H groups in total. The van der Waals surface area contributed by atoms with Crippen LogP contribution in [0, 0.1) is 12.7 Å². The van der Waals surface area contributed by atoms with E-state index < -0.39 is 0 Å². The van der Waals surface area contributed by atoms with Crippen molar-refractivity contribution in [3.63, 3.8) is 0 Å². The third-order valence-electron chi connectivity index (χ3n) is 2.52. The van der Waals surface area contributed by atoms with E-state index in [2.05, 4.69) is 11.5 Å². The molecule has 1 heterocycles. The zero-order chi connectivity index (χ0) is 10.1. The zero-order valence-corrected chi connectivity index (χ0v) is 8.55. The number of hydrogen-bond acceptors (Lipinski definition) is 0. The van der Waals surface area contributed by atoms with Crippen molar-refractivity contribution in [2.75, 3.05) is 0 Å². The highest BCUT2D eigenvalue weighted by atomic mass is 19.1. The highest BCUT2D eigenvalue weighted by Crippen LogP contribution is 2.20. The largest absolute Gasteiger partial charge is 0.347 e. The van der Waals surface area contributed by atoms with Crippen LogP contribution in [0.4, 0.5) is 4.39 Å². The number of aromatic nitrogens is 1. The first kappa shape index (κ1) is 9.25. The quantitative estimate of drug-likeness (QED) is 0.684. The number of benzene rings is 1. The predicted octanol–water partition coefficient (Wildman–Crippen LogP) is 3.50. The molecule has 1 aromatic carbocycles. The van der Waals surface area contributed by atoms with Gasteiger partial charge >= 0.3 is 0 Å². The van der Waals surface area contributed by atoms with Crippen LogP contribution < -0.4 is 0 Å². The summed E-state index contributed by atoms with van der Waals surface area (Å²) in [5.41, 5.74) is 1.71. The molecule has 0 saturated heterocycles. The van der Waals surface area contributed by atoms with Crippen LogP contribution >= 0.6 is 0 Å². The maximum absolute atomic E-state index is 13.3. The first-order valence-electron chi connectivity index (χ1n) is 4.97. The Morgan fingerprint density at radius 2 is 2.14 bits per heavy atom. The van der Waals surface area contributed by atoms with E-state index >= 15 is 0 Å². The van der Waals surface area contributed by atoms with Crippen molar-refractivity contribution >= 4 is 10.9 Å². The predicted molar refractivity (Wildman–Crippen MR) is 56.9 cm³/mol.